The van der Waals surface area contributed by atoms with E-state index < -0.39 is 0 Å². The quantitative estimate of drug-likeness (QED) is 0.363. The van der Waals surface area contributed by atoms with Crippen LogP contribution in [0.25, 0.3) is 0 Å². The summed E-state index contributed by atoms with van der Waals surface area (Å²) in [4.78, 5) is 0. The van der Waals surface area contributed by atoms with Gasteiger partial charge < -0.3 is 5.32 Å². The van der Waals surface area contributed by atoms with Crippen molar-refractivity contribution in [3.8, 4) is 6.07 Å². The maximum atomic E-state index is 7.32. The Morgan fingerprint density at radius 2 is 0.957 bits per heavy atom. The summed E-state index contributed by atoms with van der Waals surface area (Å²) in [6.07, 6.45) is 2.79. The van der Waals surface area contributed by atoms with Crippen molar-refractivity contribution in [2.24, 2.45) is 0 Å². The molecule has 0 unspecified atom stereocenters. The summed E-state index contributed by atoms with van der Waals surface area (Å²) in [5, 5.41) is 11.0. The monoisotopic (exact) mass is 362 g/mol. The van der Waals surface area contributed by atoms with E-state index in [4.69, 9.17) is 5.26 Å². The molecule has 0 spiro atoms. The second-order valence-electron chi connectivity index (χ2n) is 6.82. The van der Waals surface area contributed by atoms with Crippen LogP contribution in [0, 0.1) is 11.3 Å². The minimum absolute atomic E-state index is 0. The van der Waals surface area contributed by atoms with Crippen molar-refractivity contribution in [3.05, 3.63) is 0 Å². The Hall–Kier alpha value is 0.310. The fraction of sp³-hybridized carbons (Fsp3) is 0.947. The van der Waals surface area contributed by atoms with Crippen LogP contribution in [0.2, 0.25) is 0 Å². The van der Waals surface area contributed by atoms with Gasteiger partial charge in [-0.05, 0) is 48.0 Å². The largest absolute Gasteiger partial charge is 0.316 e. The number of nitrogens with one attached hydrogen (secondary N) is 1. The summed E-state index contributed by atoms with van der Waals surface area (Å²) in [6.45, 7) is 23.0. The average molecular weight is 363 g/mol. The van der Waals surface area contributed by atoms with Gasteiger partial charge in [0.1, 0.15) is 0 Å². The third-order valence-electron chi connectivity index (χ3n) is 3.75. The molecule has 1 N–H and O–H groups in total. The van der Waals surface area contributed by atoms with Crippen LogP contribution >= 0.6 is 15.8 Å². The van der Waals surface area contributed by atoms with E-state index in [1.165, 1.54) is 32.3 Å². The predicted molar refractivity (Wildman–Crippen MR) is 115 cm³/mol. The number of rotatable bonds is 10. The Bertz CT molecular complexity index is 246. The van der Waals surface area contributed by atoms with E-state index in [2.05, 4.69) is 60.7 Å². The molecule has 0 saturated carbocycles. The molecule has 0 aliphatic rings. The Morgan fingerprint density at radius 1 is 0.739 bits per heavy atom. The molecule has 0 aliphatic carbocycles. The summed E-state index contributed by atoms with van der Waals surface area (Å²) < 4.78 is 0. The molecule has 140 valence electrons. The summed E-state index contributed by atoms with van der Waals surface area (Å²) in [5.41, 5.74) is 3.50. The highest BCUT2D eigenvalue weighted by Crippen LogP contribution is 2.46. The molecule has 0 aromatic carbocycles. The molecule has 4 heteroatoms. The molecule has 2 nitrogen and oxygen atoms in total. The first-order valence-corrected chi connectivity index (χ1v) is 12.0. The molecule has 0 radical (unpaired) electrons. The van der Waals surface area contributed by atoms with Crippen LogP contribution in [0.4, 0.5) is 0 Å². The Labute approximate surface area is 150 Å². The van der Waals surface area contributed by atoms with Gasteiger partial charge in [0.25, 0.3) is 0 Å². The molecule has 0 aliphatic heterocycles. The van der Waals surface area contributed by atoms with Crippen LogP contribution in [0.15, 0.2) is 0 Å². The SMILES string of the molecule is C.CC#N.CC(C)P(CCNCCP(C(C)C)C(C)C)C(C)C. The lowest BCUT2D eigenvalue weighted by molar-refractivity contribution is 0.760. The van der Waals surface area contributed by atoms with Crippen molar-refractivity contribution >= 4 is 15.8 Å². The van der Waals surface area contributed by atoms with Crippen molar-refractivity contribution in [3.63, 3.8) is 0 Å². The molecule has 0 heterocycles. The lowest BCUT2D eigenvalue weighted by Gasteiger charge is -2.27. The average Bonchev–Trinajstić information content (AvgIpc) is 2.36. The summed E-state index contributed by atoms with van der Waals surface area (Å²) in [6, 6.07) is 1.75. The zero-order valence-corrected chi connectivity index (χ0v) is 18.3. The fourth-order valence-electron chi connectivity index (χ4n) is 2.77. The smallest absolute Gasteiger partial charge is 0.0587 e. The Kier molecular flexibility index (Phi) is 21.0. The summed E-state index contributed by atoms with van der Waals surface area (Å²) >= 11 is 0. The maximum Gasteiger partial charge on any atom is 0.0587 e. The number of hydrogen-bond acceptors (Lipinski definition) is 2. The van der Waals surface area contributed by atoms with Gasteiger partial charge >= 0.3 is 0 Å². The zero-order valence-electron chi connectivity index (χ0n) is 16.5. The second kappa shape index (κ2) is 17.1. The summed E-state index contributed by atoms with van der Waals surface area (Å²) in [5.74, 6) is 0. The first-order valence-electron chi connectivity index (χ1n) is 8.71. The van der Waals surface area contributed by atoms with Crippen LogP contribution in [0.3, 0.4) is 0 Å². The van der Waals surface area contributed by atoms with E-state index >= 15 is 0 Å². The standard InChI is InChI=1S/C16H37NP2.C2H3N.CH4/c1-13(2)18(14(3)4)11-9-17-10-12-19(15(5)6)16(7)8;1-2-3;/h13-17H,9-12H2,1-8H3;1H3;1H4. The van der Waals surface area contributed by atoms with Crippen LogP contribution in [0.1, 0.15) is 69.7 Å². The van der Waals surface area contributed by atoms with Crippen LogP contribution < -0.4 is 5.32 Å². The van der Waals surface area contributed by atoms with E-state index in [1.807, 2.05) is 0 Å². The fourth-order valence-corrected chi connectivity index (χ4v) is 8.05. The van der Waals surface area contributed by atoms with Crippen LogP contribution in [-0.2, 0) is 0 Å². The van der Waals surface area contributed by atoms with Crippen molar-refractivity contribution in [2.45, 2.75) is 92.4 Å². The molecule has 23 heavy (non-hydrogen) atoms. The molecule has 0 aromatic heterocycles. The molecule has 0 aromatic rings. The predicted octanol–water partition coefficient (Wildman–Crippen LogP) is 6.34. The minimum Gasteiger partial charge on any atom is -0.316 e. The van der Waals surface area contributed by atoms with Gasteiger partial charge in [-0.1, -0.05) is 62.8 Å². The second-order valence-corrected chi connectivity index (χ2v) is 13.9. The maximum absolute atomic E-state index is 7.32. The lowest BCUT2D eigenvalue weighted by atomic mass is 10.5. The van der Waals surface area contributed by atoms with Crippen molar-refractivity contribution in [1.82, 2.24) is 5.32 Å². The van der Waals surface area contributed by atoms with E-state index in [9.17, 15) is 0 Å². The van der Waals surface area contributed by atoms with Crippen LogP contribution in [-0.4, -0.2) is 48.0 Å². The number of nitriles is 1. The normalized spacial score (nSPS) is 11.0. The van der Waals surface area contributed by atoms with Crippen molar-refractivity contribution in [1.29, 1.82) is 5.26 Å². The molecule has 0 fully saturated rings. The van der Waals surface area contributed by atoms with Crippen molar-refractivity contribution in [2.75, 3.05) is 25.4 Å². The summed E-state index contributed by atoms with van der Waals surface area (Å²) in [7, 11) is 0.415. The van der Waals surface area contributed by atoms with Crippen molar-refractivity contribution < 1.29 is 0 Å². The van der Waals surface area contributed by atoms with Gasteiger partial charge in [0, 0.05) is 6.92 Å². The molecule has 0 amide bonds. The van der Waals surface area contributed by atoms with Gasteiger partial charge in [-0.25, -0.2) is 0 Å². The molecular formula is C19H44N2P2. The van der Waals surface area contributed by atoms with E-state index in [1.54, 1.807) is 6.07 Å². The number of hydrogen-bond donors (Lipinski definition) is 1. The highest BCUT2D eigenvalue weighted by Gasteiger charge is 2.17. The minimum atomic E-state index is 0. The van der Waals surface area contributed by atoms with E-state index in [0.29, 0.717) is 0 Å². The highest BCUT2D eigenvalue weighted by atomic mass is 31.1. The third-order valence-corrected chi connectivity index (χ3v) is 10.5. The first kappa shape index (κ1) is 28.1. The van der Waals surface area contributed by atoms with E-state index in [-0.39, 0.29) is 23.3 Å². The van der Waals surface area contributed by atoms with Gasteiger partial charge in [-0.3, -0.25) is 0 Å². The molecule has 0 bridgehead atoms. The number of nitrogens with zero attached hydrogens (tertiary/aromatic N) is 1. The topological polar surface area (TPSA) is 35.8 Å². The lowest BCUT2D eigenvalue weighted by Crippen LogP contribution is -2.24. The molecule has 0 saturated heterocycles. The highest BCUT2D eigenvalue weighted by molar-refractivity contribution is 7.59. The van der Waals surface area contributed by atoms with Crippen LogP contribution in [0.5, 0.6) is 0 Å². The Balaban J connectivity index is -0.000000920. The molecular weight excluding hydrogens is 318 g/mol. The van der Waals surface area contributed by atoms with Gasteiger partial charge in [-0.2, -0.15) is 5.26 Å². The van der Waals surface area contributed by atoms with Gasteiger partial charge in [0.05, 0.1) is 6.07 Å². The van der Waals surface area contributed by atoms with Gasteiger partial charge in [0.2, 0.25) is 0 Å². The Morgan fingerprint density at radius 3 is 1.13 bits per heavy atom. The molecule has 0 atom stereocenters. The third kappa shape index (κ3) is 15.6. The van der Waals surface area contributed by atoms with E-state index in [0.717, 1.165) is 22.6 Å². The first-order chi connectivity index (χ1) is 10.2. The molecule has 0 rings (SSSR count). The van der Waals surface area contributed by atoms with Gasteiger partial charge in [0.15, 0.2) is 0 Å². The zero-order chi connectivity index (χ0) is 17.7. The van der Waals surface area contributed by atoms with Gasteiger partial charge in [-0.15, -0.1) is 15.8 Å².